The van der Waals surface area contributed by atoms with Gasteiger partial charge in [-0.1, -0.05) is 68.2 Å². The molecular formula is C25H24N4O5S3. The van der Waals surface area contributed by atoms with Gasteiger partial charge in [-0.15, -0.1) is 0 Å². The van der Waals surface area contributed by atoms with Gasteiger partial charge in [0.1, 0.15) is 16.6 Å². The third-order valence-corrected chi connectivity index (χ3v) is 9.09. The lowest BCUT2D eigenvalue weighted by molar-refractivity contribution is -0.140. The van der Waals surface area contributed by atoms with Crippen LogP contribution in [0.5, 0.6) is 0 Å². The maximum atomic E-state index is 13.1. The molecule has 1 fully saturated rings. The van der Waals surface area contributed by atoms with Gasteiger partial charge in [-0.2, -0.15) is 9.40 Å². The zero-order chi connectivity index (χ0) is 26.7. The Balaban J connectivity index is 1.83. The number of aliphatic carboxylic acids is 1. The molecule has 0 unspecified atom stereocenters. The molecule has 0 aliphatic carbocycles. The Kier molecular flexibility index (Phi) is 7.93. The first-order chi connectivity index (χ1) is 17.6. The monoisotopic (exact) mass is 556 g/mol. The van der Waals surface area contributed by atoms with E-state index in [1.54, 1.807) is 55.1 Å². The lowest BCUT2D eigenvalue weighted by Crippen LogP contribution is -2.33. The van der Waals surface area contributed by atoms with Crippen LogP contribution >= 0.6 is 24.0 Å². The van der Waals surface area contributed by atoms with E-state index in [1.807, 2.05) is 30.3 Å². The van der Waals surface area contributed by atoms with Crippen LogP contribution in [0, 0.1) is 0 Å². The first-order valence-corrected chi connectivity index (χ1v) is 14.0. The molecule has 0 radical (unpaired) electrons. The topological polar surface area (TPSA) is 113 Å². The Bertz CT molecular complexity index is 1500. The Hall–Kier alpha value is -3.32. The van der Waals surface area contributed by atoms with Crippen molar-refractivity contribution in [1.29, 1.82) is 0 Å². The number of thioether (sulfide) groups is 1. The van der Waals surface area contributed by atoms with E-state index in [2.05, 4.69) is 0 Å². The standard InChI is InChI=1S/C25H24N4O5S3/c1-3-27(4-2)37(33,34)20-12-8-9-17(13-20)23-18(15-29(26-23)19-10-6-5-7-11-19)14-21-24(32)28(16-22(30)31)25(35)36-21/h5-15H,3-4,16H2,1-2H3,(H,30,31). The molecule has 0 atom stereocenters. The number of carbonyl (C=O) groups is 2. The van der Waals surface area contributed by atoms with Gasteiger partial charge in [-0.25, -0.2) is 13.1 Å². The lowest BCUT2D eigenvalue weighted by atomic mass is 10.1. The second-order valence-corrected chi connectivity index (χ2v) is 11.6. The molecule has 1 aliphatic heterocycles. The van der Waals surface area contributed by atoms with E-state index in [-0.39, 0.29) is 14.1 Å². The van der Waals surface area contributed by atoms with Crippen molar-refractivity contribution in [3.05, 3.63) is 71.3 Å². The highest BCUT2D eigenvalue weighted by Crippen LogP contribution is 2.35. The lowest BCUT2D eigenvalue weighted by Gasteiger charge is -2.18. The molecule has 12 heteroatoms. The summed E-state index contributed by atoms with van der Waals surface area (Å²) in [6.07, 6.45) is 3.34. The SMILES string of the molecule is CCN(CC)S(=O)(=O)c1cccc(-c2nn(-c3ccccc3)cc2C=C2SC(=S)N(CC(=O)O)C2=O)c1. The minimum atomic E-state index is -3.70. The molecule has 0 bridgehead atoms. The van der Waals surface area contributed by atoms with Crippen LogP contribution in [0.4, 0.5) is 0 Å². The van der Waals surface area contributed by atoms with Crippen molar-refractivity contribution in [1.82, 2.24) is 19.0 Å². The molecule has 1 N–H and O–H groups in total. The van der Waals surface area contributed by atoms with Crippen molar-refractivity contribution in [3.8, 4) is 16.9 Å². The van der Waals surface area contributed by atoms with Gasteiger partial charge in [0.15, 0.2) is 0 Å². The van der Waals surface area contributed by atoms with Gasteiger partial charge in [0, 0.05) is 30.4 Å². The molecule has 2 heterocycles. The van der Waals surface area contributed by atoms with Crippen LogP contribution in [0.15, 0.2) is 70.6 Å². The molecule has 1 aromatic heterocycles. The third-order valence-electron chi connectivity index (χ3n) is 5.67. The van der Waals surface area contributed by atoms with Crippen LogP contribution in [0.1, 0.15) is 19.4 Å². The van der Waals surface area contributed by atoms with Crippen LogP contribution in [0.2, 0.25) is 0 Å². The number of aromatic nitrogens is 2. The number of amides is 1. The number of sulfonamides is 1. The van der Waals surface area contributed by atoms with Crippen molar-refractivity contribution in [3.63, 3.8) is 0 Å². The van der Waals surface area contributed by atoms with E-state index in [0.29, 0.717) is 29.9 Å². The summed E-state index contributed by atoms with van der Waals surface area (Å²) < 4.78 is 29.5. The second-order valence-electron chi connectivity index (χ2n) is 7.99. The van der Waals surface area contributed by atoms with Crippen LogP contribution in [0.25, 0.3) is 23.0 Å². The number of carboxylic acid groups (broad SMARTS) is 1. The molecule has 9 nitrogen and oxygen atoms in total. The maximum Gasteiger partial charge on any atom is 0.323 e. The number of hydrogen-bond donors (Lipinski definition) is 1. The van der Waals surface area contributed by atoms with Gasteiger partial charge in [0.05, 0.1) is 15.5 Å². The quantitative estimate of drug-likeness (QED) is 0.312. The van der Waals surface area contributed by atoms with Crippen molar-refractivity contribution in [2.24, 2.45) is 0 Å². The molecule has 0 saturated carbocycles. The van der Waals surface area contributed by atoms with Gasteiger partial charge in [-0.3, -0.25) is 14.5 Å². The van der Waals surface area contributed by atoms with Crippen LogP contribution in [0.3, 0.4) is 0 Å². The number of thiocarbonyl (C=S) groups is 1. The molecule has 1 amide bonds. The molecular weight excluding hydrogens is 532 g/mol. The minimum Gasteiger partial charge on any atom is -0.480 e. The number of para-hydroxylation sites is 1. The number of hydrogen-bond acceptors (Lipinski definition) is 7. The first kappa shape index (κ1) is 26.7. The average Bonchev–Trinajstić information content (AvgIpc) is 3.41. The highest BCUT2D eigenvalue weighted by molar-refractivity contribution is 8.26. The molecule has 1 saturated heterocycles. The summed E-state index contributed by atoms with van der Waals surface area (Å²) >= 11 is 6.23. The van der Waals surface area contributed by atoms with Crippen LogP contribution in [-0.2, 0) is 19.6 Å². The molecule has 0 spiro atoms. The zero-order valence-corrected chi connectivity index (χ0v) is 22.5. The number of nitrogens with zero attached hydrogens (tertiary/aromatic N) is 4. The summed E-state index contributed by atoms with van der Waals surface area (Å²) in [6.45, 7) is 3.73. The van der Waals surface area contributed by atoms with Gasteiger partial charge in [-0.05, 0) is 30.3 Å². The average molecular weight is 557 g/mol. The number of carboxylic acids is 1. The van der Waals surface area contributed by atoms with Gasteiger partial charge in [0.25, 0.3) is 5.91 Å². The molecule has 1 aliphatic rings. The number of benzene rings is 2. The van der Waals surface area contributed by atoms with Crippen LogP contribution < -0.4 is 0 Å². The van der Waals surface area contributed by atoms with Crippen molar-refractivity contribution < 1.29 is 23.1 Å². The summed E-state index contributed by atoms with van der Waals surface area (Å²) in [5.74, 6) is -1.67. The fourth-order valence-corrected chi connectivity index (χ4v) is 6.61. The van der Waals surface area contributed by atoms with E-state index < -0.39 is 28.4 Å². The smallest absolute Gasteiger partial charge is 0.323 e. The Morgan fingerprint density at radius 3 is 2.49 bits per heavy atom. The predicted octanol–water partition coefficient (Wildman–Crippen LogP) is 3.86. The van der Waals surface area contributed by atoms with Gasteiger partial charge < -0.3 is 5.11 Å². The summed E-state index contributed by atoms with van der Waals surface area (Å²) in [4.78, 5) is 25.5. The molecule has 4 rings (SSSR count). The molecule has 3 aromatic rings. The Morgan fingerprint density at radius 1 is 1.14 bits per heavy atom. The fourth-order valence-electron chi connectivity index (χ4n) is 3.86. The Morgan fingerprint density at radius 2 is 1.84 bits per heavy atom. The third kappa shape index (κ3) is 5.52. The predicted molar refractivity (Wildman–Crippen MR) is 147 cm³/mol. The summed E-state index contributed by atoms with van der Waals surface area (Å²) in [6, 6.07) is 15.9. The minimum absolute atomic E-state index is 0.140. The summed E-state index contributed by atoms with van der Waals surface area (Å²) in [7, 11) is -3.70. The van der Waals surface area contributed by atoms with E-state index in [9.17, 15) is 18.0 Å². The molecule has 2 aromatic carbocycles. The Labute approximate surface area is 224 Å². The second kappa shape index (κ2) is 11.0. The van der Waals surface area contributed by atoms with Crippen molar-refractivity contribution in [2.45, 2.75) is 18.7 Å². The normalized spacial score (nSPS) is 15.2. The highest BCUT2D eigenvalue weighted by atomic mass is 32.2. The summed E-state index contributed by atoms with van der Waals surface area (Å²) in [5, 5.41) is 13.8. The first-order valence-electron chi connectivity index (χ1n) is 11.4. The van der Waals surface area contributed by atoms with E-state index in [0.717, 1.165) is 22.3 Å². The van der Waals surface area contributed by atoms with E-state index >= 15 is 0 Å². The maximum absolute atomic E-state index is 13.1. The fraction of sp³-hybridized carbons (Fsp3) is 0.200. The molecule has 192 valence electrons. The van der Waals surface area contributed by atoms with Crippen molar-refractivity contribution in [2.75, 3.05) is 19.6 Å². The van der Waals surface area contributed by atoms with Crippen LogP contribution in [-0.4, -0.2) is 68.3 Å². The van der Waals surface area contributed by atoms with Gasteiger partial charge >= 0.3 is 5.97 Å². The van der Waals surface area contributed by atoms with E-state index in [4.69, 9.17) is 22.4 Å². The number of rotatable bonds is 9. The van der Waals surface area contributed by atoms with E-state index in [1.165, 1.54) is 4.31 Å². The summed E-state index contributed by atoms with van der Waals surface area (Å²) in [5.41, 5.74) is 2.34. The molecule has 37 heavy (non-hydrogen) atoms. The largest absolute Gasteiger partial charge is 0.480 e. The zero-order valence-electron chi connectivity index (χ0n) is 20.1. The van der Waals surface area contributed by atoms with Crippen molar-refractivity contribution >= 4 is 56.3 Å². The number of carbonyl (C=O) groups excluding carboxylic acids is 1. The van der Waals surface area contributed by atoms with Gasteiger partial charge in [0.2, 0.25) is 10.0 Å². The highest BCUT2D eigenvalue weighted by Gasteiger charge is 2.34.